The van der Waals surface area contributed by atoms with Crippen LogP contribution in [0.3, 0.4) is 0 Å². The van der Waals surface area contributed by atoms with Crippen LogP contribution in [0.4, 0.5) is 0 Å². The minimum absolute atomic E-state index is 0.309. The van der Waals surface area contributed by atoms with Crippen molar-refractivity contribution in [2.45, 2.75) is 45.4 Å². The highest BCUT2D eigenvalue weighted by Crippen LogP contribution is 2.26. The fourth-order valence-electron chi connectivity index (χ4n) is 1.53. The number of hydrogen-bond acceptors (Lipinski definition) is 0. The van der Waals surface area contributed by atoms with Gasteiger partial charge in [0.15, 0.2) is 0 Å². The quantitative estimate of drug-likeness (QED) is 0.667. The Morgan fingerprint density at radius 3 is 2.14 bits per heavy atom. The summed E-state index contributed by atoms with van der Waals surface area (Å²) in [6.07, 6.45) is 3.25. The third-order valence-electron chi connectivity index (χ3n) is 3.08. The van der Waals surface area contributed by atoms with Crippen molar-refractivity contribution in [2.75, 3.05) is 0 Å². The van der Waals surface area contributed by atoms with E-state index in [0.29, 0.717) is 5.41 Å². The predicted octanol–water partition coefficient (Wildman–Crippen LogP) is 4.14. The van der Waals surface area contributed by atoms with Crippen molar-refractivity contribution in [1.82, 2.24) is 0 Å². The zero-order valence-corrected chi connectivity index (χ0v) is 9.64. The fraction of sp³-hybridized carbons (Fsp3) is 0.500. The Kier molecular flexibility index (Phi) is 3.74. The van der Waals surface area contributed by atoms with Crippen molar-refractivity contribution >= 4 is 0 Å². The molecule has 1 rings (SSSR count). The fourth-order valence-corrected chi connectivity index (χ4v) is 1.53. The summed E-state index contributed by atoms with van der Waals surface area (Å²) < 4.78 is 0. The molecule has 0 heteroatoms. The highest BCUT2D eigenvalue weighted by molar-refractivity contribution is 5.28. The van der Waals surface area contributed by atoms with Crippen molar-refractivity contribution in [2.24, 2.45) is 0 Å². The molecule has 0 atom stereocenters. The summed E-state index contributed by atoms with van der Waals surface area (Å²) in [7, 11) is 0. The van der Waals surface area contributed by atoms with E-state index in [-0.39, 0.29) is 0 Å². The van der Waals surface area contributed by atoms with E-state index < -0.39 is 0 Å². The SMILES string of the molecule is [CH2]CCc1ccc(C(C)(C)CC)cc1. The average Bonchev–Trinajstić information content (AvgIpc) is 2.19. The van der Waals surface area contributed by atoms with Gasteiger partial charge in [-0.1, -0.05) is 52.0 Å². The molecule has 0 aliphatic carbocycles. The van der Waals surface area contributed by atoms with E-state index in [1.165, 1.54) is 17.5 Å². The molecule has 0 saturated heterocycles. The van der Waals surface area contributed by atoms with E-state index in [1.807, 2.05) is 0 Å². The van der Waals surface area contributed by atoms with Gasteiger partial charge in [-0.05, 0) is 35.8 Å². The molecule has 0 aromatic heterocycles. The third kappa shape index (κ3) is 2.60. The van der Waals surface area contributed by atoms with Crippen molar-refractivity contribution in [3.05, 3.63) is 42.3 Å². The highest BCUT2D eigenvalue weighted by atomic mass is 14.2. The van der Waals surface area contributed by atoms with Gasteiger partial charge in [-0.25, -0.2) is 0 Å². The molecule has 0 bridgehead atoms. The van der Waals surface area contributed by atoms with Crippen molar-refractivity contribution in [3.8, 4) is 0 Å². The summed E-state index contributed by atoms with van der Waals surface area (Å²) in [5.74, 6) is 0. The lowest BCUT2D eigenvalue weighted by atomic mass is 9.82. The Morgan fingerprint density at radius 1 is 1.14 bits per heavy atom. The standard InChI is InChI=1S/C14H21/c1-5-7-12-8-10-13(11-9-12)14(3,4)6-2/h8-11H,1,5-7H2,2-4H3. The molecule has 0 saturated carbocycles. The molecule has 77 valence electrons. The summed E-state index contributed by atoms with van der Waals surface area (Å²) >= 11 is 0. The zero-order chi connectivity index (χ0) is 10.6. The summed E-state index contributed by atoms with van der Waals surface area (Å²) in [6.45, 7) is 10.7. The summed E-state index contributed by atoms with van der Waals surface area (Å²) in [5.41, 5.74) is 3.15. The zero-order valence-electron chi connectivity index (χ0n) is 9.64. The molecule has 0 aliphatic heterocycles. The molecule has 0 unspecified atom stereocenters. The van der Waals surface area contributed by atoms with Crippen LogP contribution in [0, 0.1) is 6.92 Å². The molecular formula is C14H21. The second-order valence-corrected chi connectivity index (χ2v) is 4.54. The van der Waals surface area contributed by atoms with E-state index in [0.717, 1.165) is 12.8 Å². The molecular weight excluding hydrogens is 168 g/mol. The van der Waals surface area contributed by atoms with E-state index in [4.69, 9.17) is 0 Å². The maximum atomic E-state index is 3.87. The normalized spacial score (nSPS) is 11.7. The lowest BCUT2D eigenvalue weighted by molar-refractivity contribution is 0.506. The predicted molar refractivity (Wildman–Crippen MR) is 63.4 cm³/mol. The second-order valence-electron chi connectivity index (χ2n) is 4.54. The maximum Gasteiger partial charge on any atom is -0.0106 e. The number of benzene rings is 1. The first-order valence-electron chi connectivity index (χ1n) is 5.49. The van der Waals surface area contributed by atoms with Crippen LogP contribution in [0.15, 0.2) is 24.3 Å². The van der Waals surface area contributed by atoms with Gasteiger partial charge in [0.2, 0.25) is 0 Å². The first-order chi connectivity index (χ1) is 6.60. The third-order valence-corrected chi connectivity index (χ3v) is 3.08. The van der Waals surface area contributed by atoms with Gasteiger partial charge in [0.05, 0.1) is 0 Å². The number of hydrogen-bond donors (Lipinski definition) is 0. The van der Waals surface area contributed by atoms with Gasteiger partial charge in [0.1, 0.15) is 0 Å². The molecule has 0 heterocycles. The largest absolute Gasteiger partial charge is 0.0646 e. The van der Waals surface area contributed by atoms with Crippen molar-refractivity contribution in [3.63, 3.8) is 0 Å². The van der Waals surface area contributed by atoms with E-state index in [1.54, 1.807) is 0 Å². The lowest BCUT2D eigenvalue weighted by Gasteiger charge is -2.23. The van der Waals surface area contributed by atoms with Gasteiger partial charge in [-0.15, -0.1) is 0 Å². The van der Waals surface area contributed by atoms with E-state index in [9.17, 15) is 0 Å². The van der Waals surface area contributed by atoms with Crippen LogP contribution in [-0.4, -0.2) is 0 Å². The Hall–Kier alpha value is -0.780. The van der Waals surface area contributed by atoms with Gasteiger partial charge in [0, 0.05) is 0 Å². The molecule has 1 aromatic carbocycles. The van der Waals surface area contributed by atoms with Crippen molar-refractivity contribution in [1.29, 1.82) is 0 Å². The second kappa shape index (κ2) is 4.63. The first kappa shape index (κ1) is 11.3. The van der Waals surface area contributed by atoms with Crippen molar-refractivity contribution < 1.29 is 0 Å². The van der Waals surface area contributed by atoms with Gasteiger partial charge >= 0.3 is 0 Å². The first-order valence-corrected chi connectivity index (χ1v) is 5.49. The van der Waals surface area contributed by atoms with E-state index >= 15 is 0 Å². The minimum atomic E-state index is 0.309. The molecule has 0 spiro atoms. The van der Waals surface area contributed by atoms with Crippen LogP contribution in [0.25, 0.3) is 0 Å². The number of aryl methyl sites for hydroxylation is 1. The molecule has 0 fully saturated rings. The van der Waals surface area contributed by atoms with Crippen LogP contribution >= 0.6 is 0 Å². The van der Waals surface area contributed by atoms with Gasteiger partial charge in [0.25, 0.3) is 0 Å². The van der Waals surface area contributed by atoms with Crippen LogP contribution in [-0.2, 0) is 11.8 Å². The topological polar surface area (TPSA) is 0 Å². The van der Waals surface area contributed by atoms with Crippen LogP contribution in [0.2, 0.25) is 0 Å². The molecule has 0 N–H and O–H groups in total. The highest BCUT2D eigenvalue weighted by Gasteiger charge is 2.17. The lowest BCUT2D eigenvalue weighted by Crippen LogP contribution is -2.15. The van der Waals surface area contributed by atoms with E-state index in [2.05, 4.69) is 52.0 Å². The smallest absolute Gasteiger partial charge is 0.0106 e. The molecule has 14 heavy (non-hydrogen) atoms. The van der Waals surface area contributed by atoms with Crippen LogP contribution in [0.1, 0.15) is 44.7 Å². The molecule has 0 aliphatic rings. The van der Waals surface area contributed by atoms with Gasteiger partial charge < -0.3 is 0 Å². The maximum absolute atomic E-state index is 3.87. The Morgan fingerprint density at radius 2 is 1.71 bits per heavy atom. The Labute approximate surface area is 88.4 Å². The molecule has 0 nitrogen and oxygen atoms in total. The van der Waals surface area contributed by atoms with Crippen LogP contribution < -0.4 is 0 Å². The number of rotatable bonds is 4. The molecule has 1 radical (unpaired) electrons. The van der Waals surface area contributed by atoms with Gasteiger partial charge in [-0.2, -0.15) is 0 Å². The minimum Gasteiger partial charge on any atom is -0.0646 e. The summed E-state index contributed by atoms with van der Waals surface area (Å²) in [5, 5.41) is 0. The Bertz CT molecular complexity index is 267. The Balaban J connectivity index is 2.82. The monoisotopic (exact) mass is 189 g/mol. The molecule has 0 amide bonds. The molecule has 1 aromatic rings. The van der Waals surface area contributed by atoms with Gasteiger partial charge in [-0.3, -0.25) is 0 Å². The summed E-state index contributed by atoms with van der Waals surface area (Å²) in [6, 6.07) is 8.98. The van der Waals surface area contributed by atoms with Crippen LogP contribution in [0.5, 0.6) is 0 Å². The summed E-state index contributed by atoms with van der Waals surface area (Å²) in [4.78, 5) is 0. The average molecular weight is 189 g/mol.